The number of carbonyl (C=O) groups excluding carboxylic acids is 1. The van der Waals surface area contributed by atoms with Gasteiger partial charge in [-0.05, 0) is 12.8 Å². The van der Waals surface area contributed by atoms with Crippen molar-refractivity contribution in [2.75, 3.05) is 24.6 Å². The van der Waals surface area contributed by atoms with E-state index in [1.54, 1.807) is 4.90 Å². The molecule has 2 heterocycles. The molecular weight excluding hydrogens is 218 g/mol. The van der Waals surface area contributed by atoms with Crippen LogP contribution in [0.3, 0.4) is 0 Å². The summed E-state index contributed by atoms with van der Waals surface area (Å²) in [5.74, 6) is -0.369. The van der Waals surface area contributed by atoms with Gasteiger partial charge in [-0.3, -0.25) is 4.79 Å². The van der Waals surface area contributed by atoms with Gasteiger partial charge in [0.25, 0.3) is 0 Å². The van der Waals surface area contributed by atoms with Crippen LogP contribution in [0.5, 0.6) is 0 Å². The van der Waals surface area contributed by atoms with Crippen molar-refractivity contribution in [2.45, 2.75) is 18.9 Å². The van der Waals surface area contributed by atoms with Crippen LogP contribution < -0.4 is 0 Å². The first-order chi connectivity index (χ1) is 6.98. The van der Waals surface area contributed by atoms with Crippen molar-refractivity contribution in [3.63, 3.8) is 0 Å². The lowest BCUT2D eigenvalue weighted by Crippen LogP contribution is -2.35. The van der Waals surface area contributed by atoms with Crippen LogP contribution in [0.4, 0.5) is 0 Å². The first-order valence-electron chi connectivity index (χ1n) is 5.15. The Balaban J connectivity index is 1.98. The Bertz CT molecular complexity index is 364. The van der Waals surface area contributed by atoms with Gasteiger partial charge in [-0.2, -0.15) is 0 Å². The molecule has 2 fully saturated rings. The summed E-state index contributed by atoms with van der Waals surface area (Å²) in [6.45, 7) is 0.909. The van der Waals surface area contributed by atoms with E-state index in [1.807, 2.05) is 0 Å². The maximum atomic E-state index is 11.8. The molecule has 6 heteroatoms. The third-order valence-corrected chi connectivity index (χ3v) is 4.82. The normalized spacial score (nSPS) is 34.6. The van der Waals surface area contributed by atoms with Crippen molar-refractivity contribution in [2.24, 2.45) is 5.92 Å². The molecule has 0 radical (unpaired) electrons. The van der Waals surface area contributed by atoms with Gasteiger partial charge in [-0.15, -0.1) is 0 Å². The van der Waals surface area contributed by atoms with E-state index < -0.39 is 15.9 Å². The molecule has 0 spiro atoms. The minimum Gasteiger partial charge on any atom is -0.391 e. The molecule has 0 aromatic rings. The molecule has 2 saturated heterocycles. The molecule has 0 aromatic carbocycles. The van der Waals surface area contributed by atoms with Gasteiger partial charge >= 0.3 is 0 Å². The second-order valence-electron chi connectivity index (χ2n) is 4.33. The molecule has 0 bridgehead atoms. The molecule has 1 unspecified atom stereocenters. The predicted octanol–water partition coefficient (Wildman–Crippen LogP) is -0.986. The minimum atomic E-state index is -2.99. The van der Waals surface area contributed by atoms with Gasteiger partial charge in [-0.25, -0.2) is 8.42 Å². The highest BCUT2D eigenvalue weighted by Crippen LogP contribution is 2.22. The molecule has 1 N–H and O–H groups in total. The lowest BCUT2D eigenvalue weighted by molar-refractivity contribution is -0.134. The zero-order valence-electron chi connectivity index (χ0n) is 8.42. The third-order valence-electron chi connectivity index (χ3n) is 3.06. The lowest BCUT2D eigenvalue weighted by atomic mass is 10.1. The molecule has 5 nitrogen and oxygen atoms in total. The smallest absolute Gasteiger partial charge is 0.226 e. The Morgan fingerprint density at radius 1 is 1.33 bits per heavy atom. The number of hydrogen-bond donors (Lipinski definition) is 1. The quantitative estimate of drug-likeness (QED) is 0.631. The van der Waals surface area contributed by atoms with Crippen molar-refractivity contribution < 1.29 is 18.3 Å². The maximum Gasteiger partial charge on any atom is 0.226 e. The third kappa shape index (κ3) is 2.31. The SMILES string of the molecule is O=C(C1CCS(=O)(=O)C1)N1CC[C@H](O)C1. The van der Waals surface area contributed by atoms with Gasteiger partial charge in [0.15, 0.2) is 9.84 Å². The fourth-order valence-electron chi connectivity index (χ4n) is 2.19. The minimum absolute atomic E-state index is 0.0154. The number of amides is 1. The van der Waals surface area contributed by atoms with Crippen LogP contribution in [0, 0.1) is 5.92 Å². The average Bonchev–Trinajstić information content (AvgIpc) is 2.71. The van der Waals surface area contributed by atoms with E-state index in [9.17, 15) is 18.3 Å². The van der Waals surface area contributed by atoms with E-state index in [1.165, 1.54) is 0 Å². The summed E-state index contributed by atoms with van der Waals surface area (Å²) in [4.78, 5) is 13.4. The maximum absolute atomic E-state index is 11.8. The number of aliphatic hydroxyl groups excluding tert-OH is 1. The van der Waals surface area contributed by atoms with Gasteiger partial charge in [-0.1, -0.05) is 0 Å². The number of carbonyl (C=O) groups is 1. The summed E-state index contributed by atoms with van der Waals surface area (Å²) < 4.78 is 22.4. The van der Waals surface area contributed by atoms with Gasteiger partial charge in [0.2, 0.25) is 5.91 Å². The molecule has 2 aliphatic rings. The Hall–Kier alpha value is -0.620. The van der Waals surface area contributed by atoms with E-state index in [0.29, 0.717) is 25.9 Å². The van der Waals surface area contributed by atoms with Crippen LogP contribution in [-0.4, -0.2) is 55.0 Å². The zero-order valence-corrected chi connectivity index (χ0v) is 9.24. The van der Waals surface area contributed by atoms with Crippen LogP contribution in [0.25, 0.3) is 0 Å². The highest BCUT2D eigenvalue weighted by atomic mass is 32.2. The van der Waals surface area contributed by atoms with Crippen LogP contribution in [0.2, 0.25) is 0 Å². The number of β-amino-alcohol motifs (C(OH)–C–C–N with tert-alkyl or cyclic N) is 1. The first-order valence-corrected chi connectivity index (χ1v) is 6.97. The Labute approximate surface area is 89.0 Å². The van der Waals surface area contributed by atoms with E-state index in [0.717, 1.165) is 0 Å². The molecule has 2 aliphatic heterocycles. The molecule has 2 atom stereocenters. The molecule has 86 valence electrons. The number of hydrogen-bond acceptors (Lipinski definition) is 4. The Kier molecular flexibility index (Phi) is 2.72. The van der Waals surface area contributed by atoms with Crippen molar-refractivity contribution in [3.05, 3.63) is 0 Å². The largest absolute Gasteiger partial charge is 0.391 e. The van der Waals surface area contributed by atoms with E-state index in [2.05, 4.69) is 0 Å². The molecule has 1 amide bonds. The Morgan fingerprint density at radius 2 is 2.07 bits per heavy atom. The van der Waals surface area contributed by atoms with Crippen LogP contribution in [-0.2, 0) is 14.6 Å². The number of sulfone groups is 1. The van der Waals surface area contributed by atoms with Crippen molar-refractivity contribution in [3.8, 4) is 0 Å². The van der Waals surface area contributed by atoms with Crippen molar-refractivity contribution in [1.82, 2.24) is 4.90 Å². The van der Waals surface area contributed by atoms with Crippen LogP contribution in [0.1, 0.15) is 12.8 Å². The molecule has 2 rings (SSSR count). The number of likely N-dealkylation sites (tertiary alicyclic amines) is 1. The topological polar surface area (TPSA) is 74.7 Å². The summed E-state index contributed by atoms with van der Waals surface area (Å²) >= 11 is 0. The number of rotatable bonds is 1. The van der Waals surface area contributed by atoms with Crippen LogP contribution in [0.15, 0.2) is 0 Å². The van der Waals surface area contributed by atoms with Gasteiger partial charge in [0.1, 0.15) is 0 Å². The van der Waals surface area contributed by atoms with Gasteiger partial charge in [0.05, 0.1) is 23.5 Å². The molecule has 0 aromatic heterocycles. The standard InChI is InChI=1S/C9H15NO4S/c11-8-1-3-10(5-8)9(12)7-2-4-15(13,14)6-7/h7-8,11H,1-6H2/t7?,8-/m0/s1. The summed E-state index contributed by atoms with van der Waals surface area (Å²) in [5.41, 5.74) is 0. The highest BCUT2D eigenvalue weighted by molar-refractivity contribution is 7.91. The summed E-state index contributed by atoms with van der Waals surface area (Å²) in [5, 5.41) is 9.28. The average molecular weight is 233 g/mol. The molecule has 0 aliphatic carbocycles. The van der Waals surface area contributed by atoms with Crippen LogP contribution >= 0.6 is 0 Å². The predicted molar refractivity (Wildman–Crippen MR) is 54.0 cm³/mol. The van der Waals surface area contributed by atoms with Crippen molar-refractivity contribution >= 4 is 15.7 Å². The van der Waals surface area contributed by atoms with E-state index in [4.69, 9.17) is 0 Å². The molecule has 15 heavy (non-hydrogen) atoms. The summed E-state index contributed by atoms with van der Waals surface area (Å²) in [7, 11) is -2.99. The summed E-state index contributed by atoms with van der Waals surface area (Å²) in [6, 6.07) is 0. The number of nitrogens with zero attached hydrogens (tertiary/aromatic N) is 1. The van der Waals surface area contributed by atoms with Gasteiger partial charge < -0.3 is 10.0 Å². The highest BCUT2D eigenvalue weighted by Gasteiger charge is 2.37. The lowest BCUT2D eigenvalue weighted by Gasteiger charge is -2.18. The monoisotopic (exact) mass is 233 g/mol. The van der Waals surface area contributed by atoms with Gasteiger partial charge in [0, 0.05) is 13.1 Å². The number of aliphatic hydroxyl groups is 1. The zero-order chi connectivity index (χ0) is 11.1. The van der Waals surface area contributed by atoms with Crippen molar-refractivity contribution in [1.29, 1.82) is 0 Å². The first kappa shape index (κ1) is 10.9. The molecular formula is C9H15NO4S. The van der Waals surface area contributed by atoms with E-state index >= 15 is 0 Å². The summed E-state index contributed by atoms with van der Waals surface area (Å²) in [6.07, 6.45) is 0.603. The fraction of sp³-hybridized carbons (Fsp3) is 0.889. The second-order valence-corrected chi connectivity index (χ2v) is 6.56. The second kappa shape index (κ2) is 3.75. The molecule has 0 saturated carbocycles. The van der Waals surface area contributed by atoms with E-state index in [-0.39, 0.29) is 23.3 Å². The Morgan fingerprint density at radius 3 is 2.53 bits per heavy atom. The fourth-order valence-corrected chi connectivity index (χ4v) is 3.92.